The van der Waals surface area contributed by atoms with Crippen LogP contribution in [0.4, 0.5) is 17.6 Å². The number of carbonyl (C=O) groups is 1. The maximum Gasteiger partial charge on any atom is 0.490 e. The summed E-state index contributed by atoms with van der Waals surface area (Å²) < 4.78 is 52.3. The van der Waals surface area contributed by atoms with Crippen LogP contribution in [0.5, 0.6) is 0 Å². The van der Waals surface area contributed by atoms with E-state index < -0.39 is 30.0 Å². The second kappa shape index (κ2) is 3.07. The van der Waals surface area contributed by atoms with Crippen molar-refractivity contribution in [2.24, 2.45) is 5.41 Å². The first-order valence-electron chi connectivity index (χ1n) is 4.49. The first-order valence-corrected chi connectivity index (χ1v) is 4.49. The third-order valence-corrected chi connectivity index (χ3v) is 2.91. The Hall–Kier alpha value is -0.850. The van der Waals surface area contributed by atoms with Crippen molar-refractivity contribution in [2.75, 3.05) is 6.54 Å². The van der Waals surface area contributed by atoms with E-state index >= 15 is 0 Å². The van der Waals surface area contributed by atoms with Crippen molar-refractivity contribution in [2.45, 2.75) is 31.4 Å². The van der Waals surface area contributed by atoms with E-state index in [4.69, 9.17) is 0 Å². The van der Waals surface area contributed by atoms with E-state index in [1.54, 1.807) is 0 Å². The molecule has 1 aliphatic heterocycles. The maximum atomic E-state index is 12.6. The Morgan fingerprint density at radius 2 is 2.00 bits per heavy atom. The van der Waals surface area contributed by atoms with Gasteiger partial charge in [-0.15, -0.1) is 0 Å². The Balaban J connectivity index is 1.89. The van der Waals surface area contributed by atoms with E-state index in [1.165, 1.54) is 0 Å². The molecule has 1 saturated heterocycles. The fourth-order valence-corrected chi connectivity index (χ4v) is 2.00. The van der Waals surface area contributed by atoms with Crippen molar-refractivity contribution < 1.29 is 27.1 Å². The average Bonchev–Trinajstić information content (AvgIpc) is 2.04. The summed E-state index contributed by atoms with van der Waals surface area (Å²) in [4.78, 5) is 10.5. The van der Waals surface area contributed by atoms with Crippen LogP contribution in [0.1, 0.15) is 12.8 Å². The molecule has 0 aromatic rings. The number of hydrogen-bond acceptors (Lipinski definition) is 3. The highest BCUT2D eigenvalue weighted by molar-refractivity contribution is 5.75. The van der Waals surface area contributed by atoms with Crippen LogP contribution in [0.2, 0.25) is 0 Å². The van der Waals surface area contributed by atoms with Gasteiger partial charge in [0.1, 0.15) is 6.17 Å². The van der Waals surface area contributed by atoms with Gasteiger partial charge in [-0.05, 0) is 12.8 Å². The van der Waals surface area contributed by atoms with Crippen molar-refractivity contribution in [3.8, 4) is 0 Å². The van der Waals surface area contributed by atoms with E-state index in [-0.39, 0.29) is 12.8 Å². The maximum absolute atomic E-state index is 12.6. The van der Waals surface area contributed by atoms with Crippen LogP contribution in [0, 0.1) is 5.41 Å². The van der Waals surface area contributed by atoms with Gasteiger partial charge in [0.25, 0.3) is 0 Å². The van der Waals surface area contributed by atoms with Gasteiger partial charge in [-0.1, -0.05) is 0 Å². The first-order chi connectivity index (χ1) is 6.83. The van der Waals surface area contributed by atoms with E-state index in [1.807, 2.05) is 0 Å². The smallest absolute Gasteiger partial charge is 0.439 e. The lowest BCUT2D eigenvalue weighted by atomic mass is 9.62. The number of hydrogen-bond donors (Lipinski definition) is 1. The summed E-state index contributed by atoms with van der Waals surface area (Å²) in [7, 11) is 0. The molecular weight excluding hydrogens is 218 g/mol. The second-order valence-electron chi connectivity index (χ2n) is 4.03. The molecule has 1 heterocycles. The predicted octanol–water partition coefficient (Wildman–Crippen LogP) is 1.14. The van der Waals surface area contributed by atoms with Gasteiger partial charge in [0, 0.05) is 12.0 Å². The van der Waals surface area contributed by atoms with Crippen LogP contribution in [0.25, 0.3) is 0 Å². The van der Waals surface area contributed by atoms with Crippen molar-refractivity contribution in [1.29, 1.82) is 0 Å². The summed E-state index contributed by atoms with van der Waals surface area (Å²) in [6.07, 6.45) is -6.64. The molecule has 2 aliphatic rings. The zero-order valence-corrected chi connectivity index (χ0v) is 7.60. The number of carbonyl (C=O) groups excluding carboxylic acids is 1. The highest BCUT2D eigenvalue weighted by Crippen LogP contribution is 2.50. The van der Waals surface area contributed by atoms with Crippen LogP contribution < -0.4 is 5.32 Å². The van der Waals surface area contributed by atoms with Gasteiger partial charge in [-0.2, -0.15) is 13.2 Å². The SMILES string of the molecule is O=C(OC1NCC12CC(F)C2)C(F)(F)F. The largest absolute Gasteiger partial charge is 0.490 e. The molecule has 1 aliphatic carbocycles. The van der Waals surface area contributed by atoms with Gasteiger partial charge < -0.3 is 4.74 Å². The molecule has 0 bridgehead atoms. The summed E-state index contributed by atoms with van der Waals surface area (Å²) in [6, 6.07) is 0. The standard InChI is InChI=1S/C8H9F4NO2/c9-4-1-7(2-4)3-13-5(7)15-6(14)8(10,11)12/h4-5,13H,1-3H2. The number of halogens is 4. The van der Waals surface area contributed by atoms with E-state index in [2.05, 4.69) is 10.1 Å². The molecule has 1 saturated carbocycles. The molecule has 2 fully saturated rings. The minimum Gasteiger partial charge on any atom is -0.439 e. The summed E-state index contributed by atoms with van der Waals surface area (Å²) >= 11 is 0. The molecule has 7 heteroatoms. The van der Waals surface area contributed by atoms with Gasteiger partial charge in [-0.25, -0.2) is 9.18 Å². The number of ether oxygens (including phenoxy) is 1. The van der Waals surface area contributed by atoms with Gasteiger partial charge >= 0.3 is 12.1 Å². The normalized spacial score (nSPS) is 39.5. The molecule has 15 heavy (non-hydrogen) atoms. The molecule has 0 aromatic carbocycles. The van der Waals surface area contributed by atoms with Crippen molar-refractivity contribution in [3.63, 3.8) is 0 Å². The fraction of sp³-hybridized carbons (Fsp3) is 0.875. The summed E-state index contributed by atoms with van der Waals surface area (Å²) in [5.41, 5.74) is -0.597. The summed E-state index contributed by atoms with van der Waals surface area (Å²) in [5, 5.41) is 2.55. The number of esters is 1. The highest BCUT2D eigenvalue weighted by atomic mass is 19.4. The number of rotatable bonds is 1. The van der Waals surface area contributed by atoms with E-state index in [0.29, 0.717) is 6.54 Å². The molecule has 2 rings (SSSR count). The van der Waals surface area contributed by atoms with Crippen LogP contribution in [0.15, 0.2) is 0 Å². The zero-order valence-electron chi connectivity index (χ0n) is 7.60. The molecule has 1 atom stereocenters. The summed E-state index contributed by atoms with van der Waals surface area (Å²) in [5.74, 6) is -2.22. The summed E-state index contributed by atoms with van der Waals surface area (Å²) in [6.45, 7) is 0.406. The van der Waals surface area contributed by atoms with E-state index in [0.717, 1.165) is 0 Å². The predicted molar refractivity (Wildman–Crippen MR) is 40.5 cm³/mol. The van der Waals surface area contributed by atoms with Crippen LogP contribution >= 0.6 is 0 Å². The number of alkyl halides is 4. The van der Waals surface area contributed by atoms with Crippen molar-refractivity contribution >= 4 is 5.97 Å². The third-order valence-electron chi connectivity index (χ3n) is 2.91. The monoisotopic (exact) mass is 227 g/mol. The molecule has 3 nitrogen and oxygen atoms in total. The lowest BCUT2D eigenvalue weighted by Crippen LogP contribution is -2.70. The minimum atomic E-state index is -4.99. The Kier molecular flexibility index (Phi) is 2.18. The molecule has 1 spiro atoms. The molecular formula is C8H9F4NO2. The Morgan fingerprint density at radius 3 is 2.33 bits per heavy atom. The van der Waals surface area contributed by atoms with Gasteiger partial charge in [0.2, 0.25) is 0 Å². The Bertz CT molecular complexity index is 285. The fourth-order valence-electron chi connectivity index (χ4n) is 2.00. The van der Waals surface area contributed by atoms with Crippen molar-refractivity contribution in [3.05, 3.63) is 0 Å². The zero-order chi connectivity index (χ0) is 11.3. The second-order valence-corrected chi connectivity index (χ2v) is 4.03. The van der Waals surface area contributed by atoms with Crippen LogP contribution in [-0.4, -0.2) is 31.1 Å². The minimum absolute atomic E-state index is 0.163. The molecule has 0 aromatic heterocycles. The molecule has 0 radical (unpaired) electrons. The quantitative estimate of drug-likeness (QED) is 0.539. The Morgan fingerprint density at radius 1 is 1.40 bits per heavy atom. The lowest BCUT2D eigenvalue weighted by Gasteiger charge is -2.56. The average molecular weight is 227 g/mol. The van der Waals surface area contributed by atoms with Crippen LogP contribution in [0.3, 0.4) is 0 Å². The molecule has 0 amide bonds. The lowest BCUT2D eigenvalue weighted by molar-refractivity contribution is -0.233. The van der Waals surface area contributed by atoms with Crippen LogP contribution in [-0.2, 0) is 9.53 Å². The molecule has 1 N–H and O–H groups in total. The van der Waals surface area contributed by atoms with Crippen molar-refractivity contribution in [1.82, 2.24) is 5.32 Å². The van der Waals surface area contributed by atoms with Gasteiger partial charge in [0.15, 0.2) is 6.23 Å². The van der Waals surface area contributed by atoms with Gasteiger partial charge in [-0.3, -0.25) is 5.32 Å². The van der Waals surface area contributed by atoms with E-state index in [9.17, 15) is 22.4 Å². The first kappa shape index (κ1) is 10.7. The molecule has 1 unspecified atom stereocenters. The van der Waals surface area contributed by atoms with Gasteiger partial charge in [0.05, 0.1) is 0 Å². The Labute approximate surface area is 82.8 Å². The topological polar surface area (TPSA) is 38.3 Å². The third kappa shape index (κ3) is 1.68. The highest BCUT2D eigenvalue weighted by Gasteiger charge is 2.59. The number of nitrogens with one attached hydrogen (secondary N) is 1. The molecule has 86 valence electrons.